The molecule has 1 heterocycles. The van der Waals surface area contributed by atoms with Crippen molar-refractivity contribution in [2.45, 2.75) is 19.9 Å². The highest BCUT2D eigenvalue weighted by atomic mass is 15.3. The van der Waals surface area contributed by atoms with Gasteiger partial charge in [-0.3, -0.25) is 0 Å². The van der Waals surface area contributed by atoms with Gasteiger partial charge < -0.3 is 15.5 Å². The Balaban J connectivity index is 2.54. The topological polar surface area (TPSA) is 32.5 Å². The van der Waals surface area contributed by atoms with Crippen LogP contribution >= 0.6 is 0 Å². The number of likely N-dealkylation sites (N-methyl/N-ethyl adjacent to an activating group) is 2. The van der Waals surface area contributed by atoms with E-state index in [1.807, 2.05) is 0 Å². The van der Waals surface area contributed by atoms with Crippen LogP contribution in [-0.4, -0.2) is 33.2 Å². The first-order valence-corrected chi connectivity index (χ1v) is 5.80. The Hall–Kier alpha value is -1.22. The number of rotatable bonds is 1. The summed E-state index contributed by atoms with van der Waals surface area (Å²) in [7, 11) is 4.29. The lowest BCUT2D eigenvalue weighted by molar-refractivity contribution is 0.608. The predicted molar refractivity (Wildman–Crippen MR) is 70.4 cm³/mol. The molecular formula is C13H21N3. The van der Waals surface area contributed by atoms with Crippen molar-refractivity contribution < 1.29 is 0 Å². The lowest BCUT2D eigenvalue weighted by atomic mass is 10.0. The highest BCUT2D eigenvalue weighted by molar-refractivity contribution is 5.78. The minimum Gasteiger partial charge on any atom is -0.371 e. The van der Waals surface area contributed by atoms with Gasteiger partial charge in [-0.25, -0.2) is 0 Å². The third-order valence-corrected chi connectivity index (χ3v) is 3.75. The van der Waals surface area contributed by atoms with E-state index in [1.165, 1.54) is 22.5 Å². The zero-order chi connectivity index (χ0) is 11.9. The average Bonchev–Trinajstić information content (AvgIpc) is 2.27. The molecule has 0 spiro atoms. The van der Waals surface area contributed by atoms with E-state index < -0.39 is 0 Å². The maximum Gasteiger partial charge on any atom is 0.0634 e. The van der Waals surface area contributed by atoms with Crippen molar-refractivity contribution in [2.75, 3.05) is 37.0 Å². The summed E-state index contributed by atoms with van der Waals surface area (Å²) in [5.74, 6) is 0. The van der Waals surface area contributed by atoms with Gasteiger partial charge in [0.2, 0.25) is 0 Å². The molecule has 2 rings (SSSR count). The molecule has 0 amide bonds. The zero-order valence-corrected chi connectivity index (χ0v) is 10.6. The fourth-order valence-corrected chi connectivity index (χ4v) is 2.51. The molecule has 0 fully saturated rings. The molecule has 0 aliphatic carbocycles. The fourth-order valence-electron chi connectivity index (χ4n) is 2.51. The van der Waals surface area contributed by atoms with Crippen LogP contribution in [0.15, 0.2) is 12.1 Å². The van der Waals surface area contributed by atoms with Crippen molar-refractivity contribution in [3.05, 3.63) is 23.3 Å². The van der Waals surface area contributed by atoms with E-state index in [0.717, 1.165) is 6.54 Å². The van der Waals surface area contributed by atoms with Gasteiger partial charge in [0.05, 0.1) is 17.4 Å². The van der Waals surface area contributed by atoms with Crippen LogP contribution in [0.25, 0.3) is 0 Å². The fraction of sp³-hybridized carbons (Fsp3) is 0.538. The van der Waals surface area contributed by atoms with Crippen molar-refractivity contribution in [1.82, 2.24) is 0 Å². The van der Waals surface area contributed by atoms with Crippen LogP contribution in [0, 0.1) is 13.8 Å². The van der Waals surface area contributed by atoms with Gasteiger partial charge in [-0.05, 0) is 31.0 Å². The molecule has 2 N–H and O–H groups in total. The molecule has 0 aromatic heterocycles. The maximum atomic E-state index is 5.81. The van der Waals surface area contributed by atoms with E-state index >= 15 is 0 Å². The first kappa shape index (κ1) is 11.3. The molecular weight excluding hydrogens is 198 g/mol. The number of benzene rings is 1. The van der Waals surface area contributed by atoms with Crippen molar-refractivity contribution in [2.24, 2.45) is 5.73 Å². The number of nitrogens with two attached hydrogens (primary N) is 1. The molecule has 1 aliphatic heterocycles. The number of nitrogens with zero attached hydrogens (tertiary/aromatic N) is 2. The summed E-state index contributed by atoms with van der Waals surface area (Å²) in [6, 6.07) is 4.81. The van der Waals surface area contributed by atoms with Crippen LogP contribution < -0.4 is 15.5 Å². The predicted octanol–water partition coefficient (Wildman–Crippen LogP) is 1.52. The average molecular weight is 219 g/mol. The molecule has 0 saturated carbocycles. The molecule has 16 heavy (non-hydrogen) atoms. The van der Waals surface area contributed by atoms with Gasteiger partial charge in [0.1, 0.15) is 0 Å². The highest BCUT2D eigenvalue weighted by Gasteiger charge is 2.26. The normalized spacial score (nSPS) is 19.9. The van der Waals surface area contributed by atoms with E-state index in [2.05, 4.69) is 49.9 Å². The van der Waals surface area contributed by atoms with Crippen molar-refractivity contribution >= 4 is 11.4 Å². The molecule has 88 valence electrons. The molecule has 1 aromatic carbocycles. The Morgan fingerprint density at radius 3 is 2.62 bits per heavy atom. The SMILES string of the molecule is Cc1ccc2c(c1C)N(C)CC(CN)N2C. The molecule has 1 aromatic rings. The first-order chi connectivity index (χ1) is 7.56. The van der Waals surface area contributed by atoms with Crippen LogP contribution in [0.1, 0.15) is 11.1 Å². The molecule has 0 radical (unpaired) electrons. The smallest absolute Gasteiger partial charge is 0.0634 e. The van der Waals surface area contributed by atoms with Gasteiger partial charge in [0.25, 0.3) is 0 Å². The highest BCUT2D eigenvalue weighted by Crippen LogP contribution is 2.37. The van der Waals surface area contributed by atoms with Gasteiger partial charge >= 0.3 is 0 Å². The monoisotopic (exact) mass is 219 g/mol. The van der Waals surface area contributed by atoms with Crippen LogP contribution in [0.2, 0.25) is 0 Å². The summed E-state index contributed by atoms with van der Waals surface area (Å²) in [6.07, 6.45) is 0. The Morgan fingerprint density at radius 2 is 2.00 bits per heavy atom. The standard InChI is InChI=1S/C13H21N3/c1-9-5-6-12-13(10(9)2)15(3)8-11(7-14)16(12)4/h5-6,11H,7-8,14H2,1-4H3. The minimum absolute atomic E-state index is 0.416. The summed E-state index contributed by atoms with van der Waals surface area (Å²) in [5.41, 5.74) is 11.2. The minimum atomic E-state index is 0.416. The summed E-state index contributed by atoms with van der Waals surface area (Å²) in [6.45, 7) is 6.07. The third kappa shape index (κ3) is 1.55. The van der Waals surface area contributed by atoms with Crippen LogP contribution in [0.4, 0.5) is 11.4 Å². The summed E-state index contributed by atoms with van der Waals surface area (Å²) in [5, 5.41) is 0. The Labute approximate surface area is 97.8 Å². The summed E-state index contributed by atoms with van der Waals surface area (Å²) < 4.78 is 0. The second-order valence-corrected chi connectivity index (χ2v) is 4.76. The largest absolute Gasteiger partial charge is 0.371 e. The van der Waals surface area contributed by atoms with Crippen molar-refractivity contribution in [3.63, 3.8) is 0 Å². The second-order valence-electron chi connectivity index (χ2n) is 4.76. The van der Waals surface area contributed by atoms with Gasteiger partial charge in [0, 0.05) is 27.2 Å². The van der Waals surface area contributed by atoms with Crippen molar-refractivity contribution in [1.29, 1.82) is 0 Å². The summed E-state index contributed by atoms with van der Waals surface area (Å²) >= 11 is 0. The lowest BCUT2D eigenvalue weighted by Crippen LogP contribution is -2.50. The molecule has 1 unspecified atom stereocenters. The van der Waals surface area contributed by atoms with Crippen LogP contribution in [-0.2, 0) is 0 Å². The molecule has 1 atom stereocenters. The zero-order valence-electron chi connectivity index (χ0n) is 10.6. The quantitative estimate of drug-likeness (QED) is 0.777. The number of hydrogen-bond acceptors (Lipinski definition) is 3. The lowest BCUT2D eigenvalue weighted by Gasteiger charge is -2.42. The first-order valence-electron chi connectivity index (χ1n) is 5.80. The molecule has 0 saturated heterocycles. The van der Waals surface area contributed by atoms with Crippen molar-refractivity contribution in [3.8, 4) is 0 Å². The van der Waals surface area contributed by atoms with E-state index in [-0.39, 0.29) is 0 Å². The molecule has 1 aliphatic rings. The van der Waals surface area contributed by atoms with Gasteiger partial charge in [-0.2, -0.15) is 0 Å². The third-order valence-electron chi connectivity index (χ3n) is 3.75. The Morgan fingerprint density at radius 1 is 1.31 bits per heavy atom. The van der Waals surface area contributed by atoms with E-state index in [1.54, 1.807) is 0 Å². The maximum absolute atomic E-state index is 5.81. The van der Waals surface area contributed by atoms with E-state index in [0.29, 0.717) is 12.6 Å². The second kappa shape index (κ2) is 3.98. The Bertz CT molecular complexity index is 400. The van der Waals surface area contributed by atoms with E-state index in [9.17, 15) is 0 Å². The Kier molecular flexibility index (Phi) is 2.80. The number of hydrogen-bond donors (Lipinski definition) is 1. The number of aryl methyl sites for hydroxylation is 1. The van der Waals surface area contributed by atoms with Gasteiger partial charge in [-0.15, -0.1) is 0 Å². The summed E-state index contributed by atoms with van der Waals surface area (Å²) in [4.78, 5) is 4.64. The van der Waals surface area contributed by atoms with Gasteiger partial charge in [0.15, 0.2) is 0 Å². The van der Waals surface area contributed by atoms with Gasteiger partial charge in [-0.1, -0.05) is 6.07 Å². The molecule has 3 nitrogen and oxygen atoms in total. The van der Waals surface area contributed by atoms with Crippen LogP contribution in [0.5, 0.6) is 0 Å². The molecule has 0 bridgehead atoms. The molecule has 3 heteroatoms. The van der Waals surface area contributed by atoms with Crippen LogP contribution in [0.3, 0.4) is 0 Å². The van der Waals surface area contributed by atoms with E-state index in [4.69, 9.17) is 5.73 Å². The number of fused-ring (bicyclic) bond motifs is 1. The number of anilines is 2.